The van der Waals surface area contributed by atoms with Gasteiger partial charge in [0.25, 0.3) is 0 Å². The fourth-order valence-corrected chi connectivity index (χ4v) is 2.70. The van der Waals surface area contributed by atoms with E-state index in [9.17, 15) is 4.79 Å². The Morgan fingerprint density at radius 3 is 3.28 bits per heavy atom. The first kappa shape index (κ1) is 13.4. The number of carbonyl (C=O) groups is 1. The van der Waals surface area contributed by atoms with Crippen molar-refractivity contribution in [1.29, 1.82) is 0 Å². The maximum absolute atomic E-state index is 11.8. The Labute approximate surface area is 112 Å². The Morgan fingerprint density at radius 2 is 2.61 bits per heavy atom. The lowest BCUT2D eigenvalue weighted by Crippen LogP contribution is -2.22. The zero-order valence-electron chi connectivity index (χ0n) is 10.8. The number of aromatic nitrogens is 2. The van der Waals surface area contributed by atoms with Crippen LogP contribution in [0.25, 0.3) is 0 Å². The molecule has 0 radical (unpaired) electrons. The van der Waals surface area contributed by atoms with Gasteiger partial charge in [0.15, 0.2) is 5.82 Å². The summed E-state index contributed by atoms with van der Waals surface area (Å²) in [6.07, 6.45) is 5.04. The van der Waals surface area contributed by atoms with Gasteiger partial charge in [-0.05, 0) is 19.2 Å². The highest BCUT2D eigenvalue weighted by atomic mass is 32.2. The van der Waals surface area contributed by atoms with E-state index in [0.29, 0.717) is 11.9 Å². The Hall–Kier alpha value is -1.01. The zero-order valence-corrected chi connectivity index (χ0v) is 11.7. The van der Waals surface area contributed by atoms with Crippen LogP contribution in [0.5, 0.6) is 0 Å². The van der Waals surface area contributed by atoms with Gasteiger partial charge in [0.2, 0.25) is 5.91 Å². The first-order valence-corrected chi connectivity index (χ1v) is 7.65. The second kappa shape index (κ2) is 6.24. The fraction of sp³-hybridized carbons (Fsp3) is 0.667. The van der Waals surface area contributed by atoms with Crippen LogP contribution in [0, 0.1) is 5.92 Å². The normalized spacial score (nSPS) is 20.9. The third kappa shape index (κ3) is 3.26. The number of thioether (sulfide) groups is 1. The van der Waals surface area contributed by atoms with Gasteiger partial charge in [-0.15, -0.1) is 0 Å². The predicted molar refractivity (Wildman–Crippen MR) is 74.9 cm³/mol. The monoisotopic (exact) mass is 268 g/mol. The number of amides is 1. The molecule has 0 unspecified atom stereocenters. The van der Waals surface area contributed by atoms with E-state index in [1.807, 2.05) is 30.1 Å². The van der Waals surface area contributed by atoms with Crippen molar-refractivity contribution in [1.82, 2.24) is 15.1 Å². The molecule has 1 saturated heterocycles. The first-order valence-electron chi connectivity index (χ1n) is 6.26. The lowest BCUT2D eigenvalue weighted by atomic mass is 10.2. The van der Waals surface area contributed by atoms with Crippen molar-refractivity contribution in [2.24, 2.45) is 5.92 Å². The molecule has 0 bridgehead atoms. The summed E-state index contributed by atoms with van der Waals surface area (Å²) in [5.74, 6) is 1.54. The molecule has 0 aromatic carbocycles. The largest absolute Gasteiger partial charge is 0.315 e. The van der Waals surface area contributed by atoms with Crippen LogP contribution < -0.4 is 10.6 Å². The summed E-state index contributed by atoms with van der Waals surface area (Å²) < 4.78 is 1.94. The second-order valence-electron chi connectivity index (χ2n) is 4.67. The molecule has 1 aromatic rings. The quantitative estimate of drug-likeness (QED) is 0.846. The lowest BCUT2D eigenvalue weighted by molar-refractivity contribution is -0.118. The van der Waals surface area contributed by atoms with E-state index >= 15 is 0 Å². The number of rotatable bonds is 5. The van der Waals surface area contributed by atoms with Crippen molar-refractivity contribution in [3.05, 3.63) is 12.3 Å². The fourth-order valence-electron chi connectivity index (χ4n) is 2.05. The van der Waals surface area contributed by atoms with Gasteiger partial charge in [0.1, 0.15) is 0 Å². The average molecular weight is 268 g/mol. The highest BCUT2D eigenvalue weighted by Gasteiger charge is 2.18. The van der Waals surface area contributed by atoms with Gasteiger partial charge in [0, 0.05) is 30.5 Å². The summed E-state index contributed by atoms with van der Waals surface area (Å²) in [7, 11) is 0. The standard InChI is InChI=1S/C12H20N4OS/c1-9(8-18-2)12(17)14-11-4-6-16(15-11)10-3-5-13-7-10/h4,6,9-10,13H,3,5,7-8H2,1-2H3,(H,14,15,17)/t9-,10+/m0/s1. The summed E-state index contributed by atoms with van der Waals surface area (Å²) in [5.41, 5.74) is 0. The number of anilines is 1. The number of nitrogens with zero attached hydrogens (tertiary/aromatic N) is 2. The Balaban J connectivity index is 1.91. The molecule has 0 aliphatic carbocycles. The van der Waals surface area contributed by atoms with Crippen LogP contribution in [-0.4, -0.2) is 40.8 Å². The minimum Gasteiger partial charge on any atom is -0.315 e. The van der Waals surface area contributed by atoms with Crippen molar-refractivity contribution in [3.63, 3.8) is 0 Å². The molecule has 1 aliphatic rings. The maximum Gasteiger partial charge on any atom is 0.229 e. The van der Waals surface area contributed by atoms with Crippen LogP contribution >= 0.6 is 11.8 Å². The molecule has 0 saturated carbocycles. The Kier molecular flexibility index (Phi) is 4.66. The average Bonchev–Trinajstić information content (AvgIpc) is 2.98. The van der Waals surface area contributed by atoms with Crippen molar-refractivity contribution >= 4 is 23.5 Å². The van der Waals surface area contributed by atoms with Crippen molar-refractivity contribution in [2.45, 2.75) is 19.4 Å². The molecule has 6 heteroatoms. The third-order valence-corrected chi connectivity index (χ3v) is 3.97. The minimum absolute atomic E-state index is 0.0123. The molecular weight excluding hydrogens is 248 g/mol. The van der Waals surface area contributed by atoms with Gasteiger partial charge >= 0.3 is 0 Å². The number of carbonyl (C=O) groups excluding carboxylic acids is 1. The van der Waals surface area contributed by atoms with Gasteiger partial charge in [-0.2, -0.15) is 16.9 Å². The van der Waals surface area contributed by atoms with Crippen LogP contribution in [0.4, 0.5) is 5.82 Å². The van der Waals surface area contributed by atoms with E-state index < -0.39 is 0 Å². The predicted octanol–water partition coefficient (Wildman–Crippen LogP) is 1.36. The van der Waals surface area contributed by atoms with E-state index in [1.54, 1.807) is 11.8 Å². The van der Waals surface area contributed by atoms with Gasteiger partial charge in [0.05, 0.1) is 6.04 Å². The summed E-state index contributed by atoms with van der Waals surface area (Å²) in [6.45, 7) is 3.93. The maximum atomic E-state index is 11.8. The van der Waals surface area contributed by atoms with Crippen LogP contribution in [0.3, 0.4) is 0 Å². The van der Waals surface area contributed by atoms with Gasteiger partial charge in [-0.3, -0.25) is 9.48 Å². The highest BCUT2D eigenvalue weighted by Crippen LogP contribution is 2.16. The molecule has 2 N–H and O–H groups in total. The Bertz CT molecular complexity index is 401. The molecule has 1 aliphatic heterocycles. The lowest BCUT2D eigenvalue weighted by Gasteiger charge is -2.10. The minimum atomic E-state index is 0.0123. The van der Waals surface area contributed by atoms with E-state index in [4.69, 9.17) is 0 Å². The van der Waals surface area contributed by atoms with Gasteiger partial charge in [-0.1, -0.05) is 6.92 Å². The molecule has 18 heavy (non-hydrogen) atoms. The van der Waals surface area contributed by atoms with Gasteiger partial charge < -0.3 is 10.6 Å². The number of hydrogen-bond acceptors (Lipinski definition) is 4. The van der Waals surface area contributed by atoms with Crippen LogP contribution in [0.1, 0.15) is 19.4 Å². The molecule has 100 valence electrons. The zero-order chi connectivity index (χ0) is 13.0. The molecule has 5 nitrogen and oxygen atoms in total. The molecular formula is C12H20N4OS. The molecule has 1 fully saturated rings. The topological polar surface area (TPSA) is 59.0 Å². The smallest absolute Gasteiger partial charge is 0.229 e. The summed E-state index contributed by atoms with van der Waals surface area (Å²) in [6, 6.07) is 2.28. The van der Waals surface area contributed by atoms with Crippen LogP contribution in [0.2, 0.25) is 0 Å². The van der Waals surface area contributed by atoms with E-state index in [0.717, 1.165) is 25.3 Å². The van der Waals surface area contributed by atoms with E-state index in [-0.39, 0.29) is 11.8 Å². The van der Waals surface area contributed by atoms with Crippen LogP contribution in [-0.2, 0) is 4.79 Å². The molecule has 1 amide bonds. The van der Waals surface area contributed by atoms with Crippen molar-refractivity contribution in [2.75, 3.05) is 30.4 Å². The molecule has 0 spiro atoms. The van der Waals surface area contributed by atoms with Crippen molar-refractivity contribution in [3.8, 4) is 0 Å². The molecule has 2 atom stereocenters. The van der Waals surface area contributed by atoms with Gasteiger partial charge in [-0.25, -0.2) is 0 Å². The van der Waals surface area contributed by atoms with E-state index in [1.165, 1.54) is 0 Å². The molecule has 2 heterocycles. The number of nitrogens with one attached hydrogen (secondary N) is 2. The second-order valence-corrected chi connectivity index (χ2v) is 5.58. The Morgan fingerprint density at radius 1 is 1.78 bits per heavy atom. The van der Waals surface area contributed by atoms with Crippen LogP contribution in [0.15, 0.2) is 12.3 Å². The van der Waals surface area contributed by atoms with E-state index in [2.05, 4.69) is 15.7 Å². The summed E-state index contributed by atoms with van der Waals surface area (Å²) in [4.78, 5) is 11.8. The highest BCUT2D eigenvalue weighted by molar-refractivity contribution is 7.98. The molecule has 1 aromatic heterocycles. The summed E-state index contributed by atoms with van der Waals surface area (Å²) >= 11 is 1.68. The van der Waals surface area contributed by atoms with Crippen molar-refractivity contribution < 1.29 is 4.79 Å². The third-order valence-electron chi connectivity index (χ3n) is 3.13. The molecule has 2 rings (SSSR count). The number of hydrogen-bond donors (Lipinski definition) is 2. The SMILES string of the molecule is CSC[C@H](C)C(=O)Nc1ccn([C@@H]2CCNC2)n1. The first-order chi connectivity index (χ1) is 8.70. The summed E-state index contributed by atoms with van der Waals surface area (Å²) in [5, 5.41) is 10.6.